The zero-order chi connectivity index (χ0) is 14.3. The fourth-order valence-electron chi connectivity index (χ4n) is 1.34. The van der Waals surface area contributed by atoms with Crippen molar-refractivity contribution in [3.8, 4) is 29.4 Å². The van der Waals surface area contributed by atoms with Crippen LogP contribution in [0, 0.1) is 22.7 Å². The van der Waals surface area contributed by atoms with E-state index in [4.69, 9.17) is 24.7 Å². The van der Waals surface area contributed by atoms with Gasteiger partial charge in [-0.2, -0.15) is 15.6 Å². The van der Waals surface area contributed by atoms with Gasteiger partial charge in [0.25, 0.3) is 0 Å². The monoisotopic (exact) mass is 260 g/mol. The highest BCUT2D eigenvalue weighted by Gasteiger charge is 2.12. The average Bonchev–Trinajstić information content (AvgIpc) is 2.46. The van der Waals surface area contributed by atoms with E-state index in [1.807, 2.05) is 0 Å². The number of hydrazone groups is 1. The normalized spacial score (nSPS) is 8.68. The lowest BCUT2D eigenvalue weighted by Gasteiger charge is -2.13. The summed E-state index contributed by atoms with van der Waals surface area (Å²) in [6.07, 6.45) is 0. The van der Waals surface area contributed by atoms with Gasteiger partial charge in [0.2, 0.25) is 11.5 Å². The topological polar surface area (TPSA) is 99.7 Å². The number of hydrogen-bond acceptors (Lipinski definition) is 7. The van der Waals surface area contributed by atoms with Crippen LogP contribution in [0.5, 0.6) is 17.2 Å². The number of benzene rings is 1. The maximum absolute atomic E-state index is 8.58. The second-order valence-electron chi connectivity index (χ2n) is 3.21. The number of ether oxygens (including phenoxy) is 3. The summed E-state index contributed by atoms with van der Waals surface area (Å²) < 4.78 is 15.5. The van der Waals surface area contributed by atoms with E-state index in [1.54, 1.807) is 24.3 Å². The van der Waals surface area contributed by atoms with Gasteiger partial charge in [-0.1, -0.05) is 0 Å². The summed E-state index contributed by atoms with van der Waals surface area (Å²) in [6, 6.07) is 6.50. The van der Waals surface area contributed by atoms with Gasteiger partial charge in [-0.05, 0) is 0 Å². The van der Waals surface area contributed by atoms with Crippen LogP contribution in [0.4, 0.5) is 5.69 Å². The molecule has 1 aromatic carbocycles. The number of anilines is 1. The fraction of sp³-hybridized carbons (Fsp3) is 0.250. The molecule has 0 bridgehead atoms. The van der Waals surface area contributed by atoms with E-state index in [9.17, 15) is 0 Å². The molecule has 98 valence electrons. The number of nitrogens with one attached hydrogen (secondary N) is 1. The smallest absolute Gasteiger partial charge is 0.237 e. The van der Waals surface area contributed by atoms with Gasteiger partial charge in [-0.15, -0.1) is 0 Å². The van der Waals surface area contributed by atoms with Crippen molar-refractivity contribution >= 4 is 11.4 Å². The summed E-state index contributed by atoms with van der Waals surface area (Å²) in [5, 5.41) is 20.8. The summed E-state index contributed by atoms with van der Waals surface area (Å²) >= 11 is 0. The Hall–Kier alpha value is -2.93. The van der Waals surface area contributed by atoms with Crippen LogP contribution in [0.15, 0.2) is 17.2 Å². The van der Waals surface area contributed by atoms with Crippen molar-refractivity contribution in [1.82, 2.24) is 0 Å². The van der Waals surface area contributed by atoms with Gasteiger partial charge in [0.15, 0.2) is 11.5 Å². The second-order valence-corrected chi connectivity index (χ2v) is 3.21. The summed E-state index contributed by atoms with van der Waals surface area (Å²) in [5.41, 5.74) is 2.79. The fourth-order valence-corrected chi connectivity index (χ4v) is 1.34. The number of rotatable bonds is 5. The molecule has 0 saturated heterocycles. The number of nitrogens with zero attached hydrogens (tertiary/aromatic N) is 3. The van der Waals surface area contributed by atoms with Gasteiger partial charge < -0.3 is 14.2 Å². The molecule has 1 N–H and O–H groups in total. The van der Waals surface area contributed by atoms with Crippen molar-refractivity contribution in [3.05, 3.63) is 12.1 Å². The number of nitriles is 2. The lowest BCUT2D eigenvalue weighted by atomic mass is 10.2. The SMILES string of the molecule is COc1cc(NN=C(C#N)C#N)cc(OC)c1OC. The Morgan fingerprint density at radius 3 is 1.95 bits per heavy atom. The lowest BCUT2D eigenvalue weighted by molar-refractivity contribution is 0.324. The highest BCUT2D eigenvalue weighted by molar-refractivity contribution is 6.10. The van der Waals surface area contributed by atoms with E-state index in [2.05, 4.69) is 10.5 Å². The minimum atomic E-state index is -0.284. The molecule has 0 aliphatic rings. The van der Waals surface area contributed by atoms with Crippen molar-refractivity contribution in [1.29, 1.82) is 10.5 Å². The maximum atomic E-state index is 8.58. The number of methoxy groups -OCH3 is 3. The van der Waals surface area contributed by atoms with Crippen molar-refractivity contribution in [3.63, 3.8) is 0 Å². The van der Waals surface area contributed by atoms with Crippen molar-refractivity contribution < 1.29 is 14.2 Å². The first-order valence-electron chi connectivity index (χ1n) is 5.14. The first-order valence-corrected chi connectivity index (χ1v) is 5.14. The molecule has 0 fully saturated rings. The van der Waals surface area contributed by atoms with E-state index in [0.29, 0.717) is 22.9 Å². The molecule has 1 rings (SSSR count). The van der Waals surface area contributed by atoms with E-state index in [1.165, 1.54) is 21.3 Å². The predicted octanol–water partition coefficient (Wildman–Crippen LogP) is 1.53. The minimum absolute atomic E-state index is 0.284. The molecule has 1 aromatic rings. The van der Waals surface area contributed by atoms with Gasteiger partial charge in [-0.3, -0.25) is 5.43 Å². The average molecular weight is 260 g/mol. The Labute approximate surface area is 110 Å². The van der Waals surface area contributed by atoms with E-state index < -0.39 is 0 Å². The Bertz CT molecular complexity index is 528. The van der Waals surface area contributed by atoms with Crippen LogP contribution in [0.2, 0.25) is 0 Å². The van der Waals surface area contributed by atoms with Gasteiger partial charge in [0.05, 0.1) is 27.0 Å². The second kappa shape index (κ2) is 6.72. The van der Waals surface area contributed by atoms with Crippen LogP contribution < -0.4 is 19.6 Å². The molecule has 0 aromatic heterocycles. The Kier molecular flexibility index (Phi) is 5.00. The van der Waals surface area contributed by atoms with Crippen LogP contribution >= 0.6 is 0 Å². The van der Waals surface area contributed by atoms with E-state index in [-0.39, 0.29) is 5.71 Å². The molecule has 0 aliphatic carbocycles. The summed E-state index contributed by atoms with van der Waals surface area (Å²) in [5.74, 6) is 1.32. The quantitative estimate of drug-likeness (QED) is 0.636. The van der Waals surface area contributed by atoms with Crippen molar-refractivity contribution in [2.24, 2.45) is 5.10 Å². The highest BCUT2D eigenvalue weighted by atomic mass is 16.5. The lowest BCUT2D eigenvalue weighted by Crippen LogP contribution is -1.99. The van der Waals surface area contributed by atoms with Crippen LogP contribution in [-0.2, 0) is 0 Å². The van der Waals surface area contributed by atoms with Gasteiger partial charge in [0, 0.05) is 12.1 Å². The molecule has 19 heavy (non-hydrogen) atoms. The zero-order valence-electron chi connectivity index (χ0n) is 10.7. The first-order chi connectivity index (χ1) is 9.19. The molecule has 7 nitrogen and oxygen atoms in total. The molecule has 0 radical (unpaired) electrons. The molecular weight excluding hydrogens is 248 g/mol. The maximum Gasteiger partial charge on any atom is 0.237 e. The predicted molar refractivity (Wildman–Crippen MR) is 68.4 cm³/mol. The minimum Gasteiger partial charge on any atom is -0.493 e. The van der Waals surface area contributed by atoms with E-state index in [0.717, 1.165) is 0 Å². The third-order valence-electron chi connectivity index (χ3n) is 2.17. The largest absolute Gasteiger partial charge is 0.493 e. The molecule has 0 unspecified atom stereocenters. The van der Waals surface area contributed by atoms with Crippen LogP contribution in [-0.4, -0.2) is 27.0 Å². The Balaban J connectivity index is 3.15. The molecule has 0 saturated carbocycles. The van der Waals surface area contributed by atoms with Crippen molar-refractivity contribution in [2.75, 3.05) is 26.8 Å². The third-order valence-corrected chi connectivity index (χ3v) is 2.17. The van der Waals surface area contributed by atoms with Crippen LogP contribution in [0.1, 0.15) is 0 Å². The zero-order valence-corrected chi connectivity index (χ0v) is 10.7. The van der Waals surface area contributed by atoms with Crippen LogP contribution in [0.25, 0.3) is 0 Å². The molecule has 7 heteroatoms. The molecule has 0 atom stereocenters. The van der Waals surface area contributed by atoms with E-state index >= 15 is 0 Å². The van der Waals surface area contributed by atoms with Gasteiger partial charge in [-0.25, -0.2) is 0 Å². The summed E-state index contributed by atoms with van der Waals surface area (Å²) in [7, 11) is 4.47. The first kappa shape index (κ1) is 14.1. The summed E-state index contributed by atoms with van der Waals surface area (Å²) in [6.45, 7) is 0. The van der Waals surface area contributed by atoms with Gasteiger partial charge in [0.1, 0.15) is 12.1 Å². The standard InChI is InChI=1S/C12H12N4O3/c1-17-10-4-8(15-16-9(6-13)7-14)5-11(18-2)12(10)19-3/h4-5,15H,1-3H3. The third kappa shape index (κ3) is 3.27. The Morgan fingerprint density at radius 1 is 1.05 bits per heavy atom. The highest BCUT2D eigenvalue weighted by Crippen LogP contribution is 2.39. The molecular formula is C12H12N4O3. The summed E-state index contributed by atoms with van der Waals surface area (Å²) in [4.78, 5) is 0. The molecule has 0 spiro atoms. The Morgan fingerprint density at radius 2 is 1.58 bits per heavy atom. The van der Waals surface area contributed by atoms with Crippen LogP contribution in [0.3, 0.4) is 0 Å². The molecule has 0 heterocycles. The van der Waals surface area contributed by atoms with Crippen molar-refractivity contribution in [2.45, 2.75) is 0 Å². The molecule has 0 amide bonds. The number of hydrogen-bond donors (Lipinski definition) is 1. The molecule has 0 aliphatic heterocycles. The van der Waals surface area contributed by atoms with Gasteiger partial charge >= 0.3 is 0 Å².